The van der Waals surface area contributed by atoms with E-state index in [1.165, 1.54) is 31.8 Å². The van der Waals surface area contributed by atoms with E-state index in [9.17, 15) is 13.2 Å². The SMILES string of the molecule is COc1ccc2c(c1)CCN(C(=O)c1ccc(S(=O)(=O)N(C)C)cc1)C2C. The summed E-state index contributed by atoms with van der Waals surface area (Å²) in [6.45, 7) is 2.62. The number of hydrogen-bond acceptors (Lipinski definition) is 4. The average molecular weight is 388 g/mol. The van der Waals surface area contributed by atoms with Crippen LogP contribution in [0.1, 0.15) is 34.5 Å². The minimum Gasteiger partial charge on any atom is -0.497 e. The molecular formula is C20H24N2O4S. The fraction of sp³-hybridized carbons (Fsp3) is 0.350. The maximum absolute atomic E-state index is 13.0. The van der Waals surface area contributed by atoms with Gasteiger partial charge < -0.3 is 9.64 Å². The standard InChI is InChI=1S/C20H24N2O4S/c1-14-19-10-7-17(26-4)13-16(19)11-12-22(14)20(23)15-5-8-18(9-6-15)27(24,25)21(2)3/h5-10,13-14H,11-12H2,1-4H3. The summed E-state index contributed by atoms with van der Waals surface area (Å²) in [4.78, 5) is 15.0. The second-order valence-corrected chi connectivity index (χ2v) is 8.95. The number of benzene rings is 2. The number of ether oxygens (including phenoxy) is 1. The van der Waals surface area contributed by atoms with E-state index in [4.69, 9.17) is 4.74 Å². The molecule has 1 aliphatic rings. The summed E-state index contributed by atoms with van der Waals surface area (Å²) in [5.74, 6) is 0.719. The highest BCUT2D eigenvalue weighted by Gasteiger charge is 2.29. The minimum atomic E-state index is -3.51. The van der Waals surface area contributed by atoms with Gasteiger partial charge in [0.1, 0.15) is 5.75 Å². The highest BCUT2D eigenvalue weighted by Crippen LogP contribution is 2.32. The zero-order chi connectivity index (χ0) is 19.8. The van der Waals surface area contributed by atoms with Gasteiger partial charge in [-0.05, 0) is 60.9 Å². The Morgan fingerprint density at radius 2 is 1.81 bits per heavy atom. The van der Waals surface area contributed by atoms with Crippen molar-refractivity contribution in [3.05, 3.63) is 59.2 Å². The third-order valence-corrected chi connectivity index (χ3v) is 6.86. The van der Waals surface area contributed by atoms with Crippen LogP contribution in [-0.2, 0) is 16.4 Å². The molecule has 0 fully saturated rings. The first-order chi connectivity index (χ1) is 12.8. The van der Waals surface area contributed by atoms with Crippen molar-refractivity contribution in [1.82, 2.24) is 9.21 Å². The third-order valence-electron chi connectivity index (χ3n) is 5.03. The van der Waals surface area contributed by atoms with Crippen molar-refractivity contribution >= 4 is 15.9 Å². The summed E-state index contributed by atoms with van der Waals surface area (Å²) in [5, 5.41) is 0. The summed E-state index contributed by atoms with van der Waals surface area (Å²) in [6, 6.07) is 12.0. The van der Waals surface area contributed by atoms with E-state index in [1.54, 1.807) is 19.2 Å². The Morgan fingerprint density at radius 3 is 2.41 bits per heavy atom. The summed E-state index contributed by atoms with van der Waals surface area (Å²) in [6.07, 6.45) is 0.760. The van der Waals surface area contributed by atoms with Gasteiger partial charge in [0.15, 0.2) is 0 Å². The van der Waals surface area contributed by atoms with Gasteiger partial charge in [0.25, 0.3) is 5.91 Å². The van der Waals surface area contributed by atoms with Gasteiger partial charge in [0, 0.05) is 26.2 Å². The lowest BCUT2D eigenvalue weighted by atomic mass is 9.92. The molecule has 1 unspecified atom stereocenters. The van der Waals surface area contributed by atoms with E-state index in [-0.39, 0.29) is 16.8 Å². The maximum Gasteiger partial charge on any atom is 0.254 e. The van der Waals surface area contributed by atoms with E-state index in [0.717, 1.165) is 22.0 Å². The highest BCUT2D eigenvalue weighted by atomic mass is 32.2. The van der Waals surface area contributed by atoms with E-state index >= 15 is 0 Å². The van der Waals surface area contributed by atoms with Crippen LogP contribution in [0.25, 0.3) is 0 Å². The van der Waals surface area contributed by atoms with E-state index in [1.807, 2.05) is 30.0 Å². The fourth-order valence-electron chi connectivity index (χ4n) is 3.36. The molecule has 0 aromatic heterocycles. The highest BCUT2D eigenvalue weighted by molar-refractivity contribution is 7.89. The molecule has 27 heavy (non-hydrogen) atoms. The molecule has 7 heteroatoms. The molecule has 0 saturated carbocycles. The zero-order valence-corrected chi connectivity index (χ0v) is 16.8. The first kappa shape index (κ1) is 19.4. The van der Waals surface area contributed by atoms with Gasteiger partial charge in [-0.1, -0.05) is 6.07 Å². The van der Waals surface area contributed by atoms with Crippen LogP contribution in [0.4, 0.5) is 0 Å². The molecule has 1 heterocycles. The minimum absolute atomic E-state index is 0.0580. The van der Waals surface area contributed by atoms with Crippen molar-refractivity contribution in [2.45, 2.75) is 24.3 Å². The smallest absolute Gasteiger partial charge is 0.254 e. The molecule has 3 rings (SSSR count). The van der Waals surface area contributed by atoms with Gasteiger partial charge in [-0.25, -0.2) is 12.7 Å². The molecule has 6 nitrogen and oxygen atoms in total. The summed E-state index contributed by atoms with van der Waals surface area (Å²) in [5.41, 5.74) is 2.79. The number of amides is 1. The predicted molar refractivity (Wildman–Crippen MR) is 103 cm³/mol. The van der Waals surface area contributed by atoms with E-state index in [0.29, 0.717) is 12.1 Å². The maximum atomic E-state index is 13.0. The van der Waals surface area contributed by atoms with Crippen LogP contribution in [0.15, 0.2) is 47.4 Å². The van der Waals surface area contributed by atoms with Crippen LogP contribution >= 0.6 is 0 Å². The Hall–Kier alpha value is -2.38. The van der Waals surface area contributed by atoms with Crippen LogP contribution in [0.3, 0.4) is 0 Å². The van der Waals surface area contributed by atoms with Gasteiger partial charge in [-0.15, -0.1) is 0 Å². The van der Waals surface area contributed by atoms with Crippen LogP contribution in [0.2, 0.25) is 0 Å². The van der Waals surface area contributed by atoms with Crippen LogP contribution in [-0.4, -0.2) is 51.3 Å². The lowest BCUT2D eigenvalue weighted by molar-refractivity contribution is 0.0677. The quantitative estimate of drug-likeness (QED) is 0.808. The first-order valence-electron chi connectivity index (χ1n) is 8.76. The number of sulfonamides is 1. The molecular weight excluding hydrogens is 364 g/mol. The number of fused-ring (bicyclic) bond motifs is 1. The number of carbonyl (C=O) groups excluding carboxylic acids is 1. The van der Waals surface area contributed by atoms with Crippen LogP contribution in [0, 0.1) is 0 Å². The van der Waals surface area contributed by atoms with Crippen LogP contribution in [0.5, 0.6) is 5.75 Å². The number of hydrogen-bond donors (Lipinski definition) is 0. The zero-order valence-electron chi connectivity index (χ0n) is 16.0. The number of nitrogens with zero attached hydrogens (tertiary/aromatic N) is 2. The molecule has 1 amide bonds. The van der Waals surface area contributed by atoms with Gasteiger partial charge >= 0.3 is 0 Å². The Morgan fingerprint density at radius 1 is 1.15 bits per heavy atom. The van der Waals surface area contributed by atoms with Crippen molar-refractivity contribution in [2.24, 2.45) is 0 Å². The molecule has 0 spiro atoms. The van der Waals surface area contributed by atoms with Crippen molar-refractivity contribution in [2.75, 3.05) is 27.7 Å². The Balaban J connectivity index is 1.84. The Labute approximate surface area is 160 Å². The normalized spacial score (nSPS) is 16.9. The second-order valence-electron chi connectivity index (χ2n) is 6.80. The first-order valence-corrected chi connectivity index (χ1v) is 10.2. The molecule has 0 saturated heterocycles. The molecule has 2 aromatic carbocycles. The number of rotatable bonds is 4. The van der Waals surface area contributed by atoms with Crippen molar-refractivity contribution in [3.63, 3.8) is 0 Å². The monoisotopic (exact) mass is 388 g/mol. The van der Waals surface area contributed by atoms with Crippen molar-refractivity contribution < 1.29 is 17.9 Å². The Kier molecular flexibility index (Phi) is 5.26. The van der Waals surface area contributed by atoms with Crippen LogP contribution < -0.4 is 4.74 Å². The van der Waals surface area contributed by atoms with Gasteiger partial charge in [0.05, 0.1) is 18.0 Å². The average Bonchev–Trinajstić information content (AvgIpc) is 2.67. The largest absolute Gasteiger partial charge is 0.497 e. The van der Waals surface area contributed by atoms with Crippen molar-refractivity contribution in [3.8, 4) is 5.75 Å². The molecule has 0 radical (unpaired) electrons. The predicted octanol–water partition coefficient (Wildman–Crippen LogP) is 2.71. The lowest BCUT2D eigenvalue weighted by Crippen LogP contribution is -2.38. The molecule has 144 valence electrons. The lowest BCUT2D eigenvalue weighted by Gasteiger charge is -2.35. The molecule has 1 atom stereocenters. The van der Waals surface area contributed by atoms with Gasteiger partial charge in [0.2, 0.25) is 10.0 Å². The van der Waals surface area contributed by atoms with Gasteiger partial charge in [-0.2, -0.15) is 0 Å². The summed E-state index contributed by atoms with van der Waals surface area (Å²) >= 11 is 0. The fourth-order valence-corrected chi connectivity index (χ4v) is 4.26. The molecule has 0 aliphatic carbocycles. The summed E-state index contributed by atoms with van der Waals surface area (Å²) in [7, 11) is 1.10. The molecule has 0 N–H and O–H groups in total. The second kappa shape index (κ2) is 7.32. The van der Waals surface area contributed by atoms with Crippen molar-refractivity contribution in [1.29, 1.82) is 0 Å². The van der Waals surface area contributed by atoms with E-state index < -0.39 is 10.0 Å². The summed E-state index contributed by atoms with van der Waals surface area (Å²) < 4.78 is 30.8. The Bertz CT molecular complexity index is 952. The topological polar surface area (TPSA) is 66.9 Å². The van der Waals surface area contributed by atoms with E-state index in [2.05, 4.69) is 0 Å². The van der Waals surface area contributed by atoms with Gasteiger partial charge in [-0.3, -0.25) is 4.79 Å². The number of methoxy groups -OCH3 is 1. The molecule has 1 aliphatic heterocycles. The number of carbonyl (C=O) groups is 1. The third kappa shape index (κ3) is 3.57. The molecule has 2 aromatic rings. The molecule has 0 bridgehead atoms.